The third-order valence-corrected chi connectivity index (χ3v) is 5.04. The van der Waals surface area contributed by atoms with E-state index in [1.807, 2.05) is 12.1 Å². The van der Waals surface area contributed by atoms with Crippen LogP contribution in [0.2, 0.25) is 0 Å². The number of aromatic nitrogens is 3. The molecule has 8 nitrogen and oxygen atoms in total. The van der Waals surface area contributed by atoms with Crippen LogP contribution in [0.3, 0.4) is 0 Å². The van der Waals surface area contributed by atoms with E-state index in [1.165, 1.54) is 6.20 Å². The van der Waals surface area contributed by atoms with Crippen molar-refractivity contribution in [3.05, 3.63) is 48.3 Å². The van der Waals surface area contributed by atoms with Gasteiger partial charge in [-0.2, -0.15) is 0 Å². The highest BCUT2D eigenvalue weighted by atomic mass is 35.5. The molecule has 3 rings (SSSR count). The van der Waals surface area contributed by atoms with Gasteiger partial charge in [-0.15, -0.1) is 24.8 Å². The molecule has 0 bridgehead atoms. The average molecular weight is 444 g/mol. The zero-order valence-corrected chi connectivity index (χ0v) is 18.0. The van der Waals surface area contributed by atoms with Crippen molar-refractivity contribution in [3.8, 4) is 0 Å². The summed E-state index contributed by atoms with van der Waals surface area (Å²) < 4.78 is 7.20. The molecule has 10 heteroatoms. The van der Waals surface area contributed by atoms with Gasteiger partial charge in [-0.1, -0.05) is 0 Å². The van der Waals surface area contributed by atoms with Crippen LogP contribution in [-0.4, -0.2) is 45.6 Å². The summed E-state index contributed by atoms with van der Waals surface area (Å²) in [7, 11) is 3.41. The third-order valence-electron chi connectivity index (χ3n) is 5.04. The molecule has 0 spiro atoms. The van der Waals surface area contributed by atoms with Crippen LogP contribution >= 0.6 is 24.8 Å². The summed E-state index contributed by atoms with van der Waals surface area (Å²) in [6.07, 6.45) is 8.41. The molecule has 3 atom stereocenters. The van der Waals surface area contributed by atoms with Crippen LogP contribution in [0, 0.1) is 5.92 Å². The first kappa shape index (κ1) is 24.9. The number of methoxy groups -OCH3 is 1. The fourth-order valence-corrected chi connectivity index (χ4v) is 3.47. The normalized spacial score (nSPS) is 20.7. The van der Waals surface area contributed by atoms with E-state index in [0.29, 0.717) is 18.7 Å². The second kappa shape index (κ2) is 11.7. The van der Waals surface area contributed by atoms with Crippen molar-refractivity contribution >= 4 is 36.6 Å². The summed E-state index contributed by atoms with van der Waals surface area (Å²) in [6.45, 7) is 0.470. The molecule has 0 radical (unpaired) electrons. The van der Waals surface area contributed by atoms with E-state index < -0.39 is 0 Å². The number of carbonyl (C=O) groups is 2. The molecular weight excluding hydrogens is 417 g/mol. The second-order valence-electron chi connectivity index (χ2n) is 6.83. The molecule has 1 fully saturated rings. The van der Waals surface area contributed by atoms with Gasteiger partial charge in [0, 0.05) is 39.0 Å². The summed E-state index contributed by atoms with van der Waals surface area (Å²) in [6, 6.07) is 3.53. The number of nitrogens with zero attached hydrogens (tertiary/aromatic N) is 3. The fraction of sp³-hybridized carbons (Fsp3) is 0.474. The van der Waals surface area contributed by atoms with Gasteiger partial charge < -0.3 is 19.9 Å². The molecule has 29 heavy (non-hydrogen) atoms. The lowest BCUT2D eigenvalue weighted by Gasteiger charge is -2.35. The molecule has 2 N–H and O–H groups in total. The first-order valence-electron chi connectivity index (χ1n) is 9.05. The van der Waals surface area contributed by atoms with Crippen LogP contribution < -0.4 is 10.6 Å². The monoisotopic (exact) mass is 443 g/mol. The number of imidazole rings is 1. The van der Waals surface area contributed by atoms with Crippen LogP contribution in [0.4, 0.5) is 0 Å². The Morgan fingerprint density at radius 1 is 1.21 bits per heavy atom. The van der Waals surface area contributed by atoms with E-state index in [2.05, 4.69) is 20.6 Å². The van der Waals surface area contributed by atoms with Crippen molar-refractivity contribution < 1.29 is 14.3 Å². The Balaban J connectivity index is 0.00000210. The Morgan fingerprint density at radius 3 is 2.55 bits per heavy atom. The van der Waals surface area contributed by atoms with Crippen LogP contribution in [0.1, 0.15) is 35.3 Å². The summed E-state index contributed by atoms with van der Waals surface area (Å²) in [4.78, 5) is 33.0. The molecule has 0 unspecified atom stereocenters. The Morgan fingerprint density at radius 2 is 1.93 bits per heavy atom. The number of ether oxygens (including phenoxy) is 1. The van der Waals surface area contributed by atoms with Crippen LogP contribution in [0.15, 0.2) is 37.1 Å². The molecular formula is C19H27Cl2N5O3. The predicted molar refractivity (Wildman–Crippen MR) is 113 cm³/mol. The maximum absolute atomic E-state index is 12.6. The molecule has 1 aliphatic rings. The van der Waals surface area contributed by atoms with Gasteiger partial charge in [0.15, 0.2) is 0 Å². The van der Waals surface area contributed by atoms with Gasteiger partial charge in [0.05, 0.1) is 24.7 Å². The maximum atomic E-state index is 12.6. The van der Waals surface area contributed by atoms with Gasteiger partial charge >= 0.3 is 0 Å². The lowest BCUT2D eigenvalue weighted by Crippen LogP contribution is -2.50. The summed E-state index contributed by atoms with van der Waals surface area (Å²) in [5.41, 5.74) is 1.49. The molecule has 2 aromatic rings. The standard InChI is InChI=1S/C19H25N5O3.2ClH/c1-24-12-21-11-16(24)19(26)23-15-9-14(3-4-17(15)27-2)18(25)22-10-13-5-7-20-8-6-13;;/h5-8,11-12,14-15,17H,3-4,9-10H2,1-2H3,(H,22,25)(H,23,26);2*1H/t14-,15+,17+;;/m0../s1. The molecule has 1 aliphatic carbocycles. The smallest absolute Gasteiger partial charge is 0.269 e. The number of amides is 2. The van der Waals surface area contributed by atoms with Gasteiger partial charge in [0.2, 0.25) is 5.91 Å². The largest absolute Gasteiger partial charge is 0.379 e. The third kappa shape index (κ3) is 6.42. The maximum Gasteiger partial charge on any atom is 0.269 e. The molecule has 1 saturated carbocycles. The lowest BCUT2D eigenvalue weighted by atomic mass is 9.83. The Kier molecular flexibility index (Phi) is 10.1. The van der Waals surface area contributed by atoms with E-state index >= 15 is 0 Å². The SMILES string of the molecule is CO[C@@H]1CC[C@H](C(=O)NCc2ccncc2)C[C@H]1NC(=O)c1cncn1C.Cl.Cl. The van der Waals surface area contributed by atoms with Crippen LogP contribution in [-0.2, 0) is 23.1 Å². The number of halogens is 2. The minimum absolute atomic E-state index is 0. The minimum Gasteiger partial charge on any atom is -0.379 e. The van der Waals surface area contributed by atoms with Gasteiger partial charge in [-0.05, 0) is 37.0 Å². The molecule has 2 amide bonds. The molecule has 2 aromatic heterocycles. The van der Waals surface area contributed by atoms with Gasteiger partial charge in [0.25, 0.3) is 5.91 Å². The summed E-state index contributed by atoms with van der Waals surface area (Å²) >= 11 is 0. The van der Waals surface area contributed by atoms with E-state index in [9.17, 15) is 9.59 Å². The Bertz CT molecular complexity index is 787. The molecule has 2 heterocycles. The summed E-state index contributed by atoms with van der Waals surface area (Å²) in [5, 5.41) is 5.99. The van der Waals surface area contributed by atoms with Crippen molar-refractivity contribution in [2.24, 2.45) is 13.0 Å². The Hall–Kier alpha value is -2.16. The van der Waals surface area contributed by atoms with Gasteiger partial charge in [-0.25, -0.2) is 4.98 Å². The van der Waals surface area contributed by atoms with E-state index in [4.69, 9.17) is 4.74 Å². The first-order valence-corrected chi connectivity index (χ1v) is 9.05. The lowest BCUT2D eigenvalue weighted by molar-refractivity contribution is -0.127. The highest BCUT2D eigenvalue weighted by Gasteiger charge is 2.35. The van der Waals surface area contributed by atoms with Crippen LogP contribution in [0.25, 0.3) is 0 Å². The van der Waals surface area contributed by atoms with Crippen molar-refractivity contribution in [2.45, 2.75) is 38.0 Å². The van der Waals surface area contributed by atoms with Crippen molar-refractivity contribution in [2.75, 3.05) is 7.11 Å². The average Bonchev–Trinajstić information content (AvgIpc) is 3.13. The highest BCUT2D eigenvalue weighted by Crippen LogP contribution is 2.27. The quantitative estimate of drug-likeness (QED) is 0.709. The second-order valence-corrected chi connectivity index (χ2v) is 6.83. The van der Waals surface area contributed by atoms with E-state index in [1.54, 1.807) is 37.4 Å². The number of carbonyl (C=O) groups excluding carboxylic acids is 2. The number of hydrogen-bond acceptors (Lipinski definition) is 5. The zero-order chi connectivity index (χ0) is 19.2. The van der Waals surface area contributed by atoms with Crippen molar-refractivity contribution in [3.63, 3.8) is 0 Å². The number of rotatable bonds is 6. The number of pyridine rings is 1. The number of nitrogens with one attached hydrogen (secondary N) is 2. The number of hydrogen-bond donors (Lipinski definition) is 2. The number of aryl methyl sites for hydroxylation is 1. The van der Waals surface area contributed by atoms with Gasteiger partial charge in [0.1, 0.15) is 5.69 Å². The molecule has 160 valence electrons. The molecule has 0 aliphatic heterocycles. The Labute approximate surface area is 182 Å². The van der Waals surface area contributed by atoms with E-state index in [0.717, 1.165) is 18.4 Å². The van der Waals surface area contributed by atoms with E-state index in [-0.39, 0.29) is 54.7 Å². The van der Waals surface area contributed by atoms with Gasteiger partial charge in [-0.3, -0.25) is 14.6 Å². The molecule has 0 aromatic carbocycles. The summed E-state index contributed by atoms with van der Waals surface area (Å²) in [5.74, 6) is -0.365. The van der Waals surface area contributed by atoms with Crippen LogP contribution in [0.5, 0.6) is 0 Å². The van der Waals surface area contributed by atoms with Crippen molar-refractivity contribution in [1.29, 1.82) is 0 Å². The highest BCUT2D eigenvalue weighted by molar-refractivity contribution is 5.92. The van der Waals surface area contributed by atoms with Crippen molar-refractivity contribution in [1.82, 2.24) is 25.2 Å². The minimum atomic E-state index is -0.220. The molecule has 0 saturated heterocycles. The topological polar surface area (TPSA) is 98.1 Å². The first-order chi connectivity index (χ1) is 13.1. The predicted octanol–water partition coefficient (Wildman–Crippen LogP) is 1.89. The zero-order valence-electron chi connectivity index (χ0n) is 16.4. The fourth-order valence-electron chi connectivity index (χ4n) is 3.47.